The predicted molar refractivity (Wildman–Crippen MR) is 76.1 cm³/mol. The van der Waals surface area contributed by atoms with Crippen LogP contribution in [-0.4, -0.2) is 25.5 Å². The zero-order chi connectivity index (χ0) is 13.9. The van der Waals surface area contributed by atoms with Crippen LogP contribution in [0.3, 0.4) is 0 Å². The number of benzene rings is 1. The van der Waals surface area contributed by atoms with Crippen molar-refractivity contribution in [2.45, 2.75) is 19.8 Å². The smallest absolute Gasteiger partial charge is 0.254 e. The van der Waals surface area contributed by atoms with E-state index in [2.05, 4.69) is 17.6 Å². The molecule has 1 unspecified atom stereocenters. The molecule has 0 spiro atoms. The first-order valence-electron chi connectivity index (χ1n) is 6.45. The zero-order valence-electron chi connectivity index (χ0n) is 11.3. The largest absolute Gasteiger partial charge is 0.351 e. The summed E-state index contributed by atoms with van der Waals surface area (Å²) in [5, 5.41) is 5.97. The summed E-state index contributed by atoms with van der Waals surface area (Å²) < 4.78 is 26.5. The first kappa shape index (κ1) is 16.9. The molecule has 1 aromatic rings. The number of carbonyl (C=O) groups excluding carboxylic acids is 1. The molecular formula is C14H19ClF2N2O. The molecule has 1 fully saturated rings. The first-order chi connectivity index (χ1) is 9.02. The monoisotopic (exact) mass is 304 g/mol. The lowest BCUT2D eigenvalue weighted by atomic mass is 9.83. The molecule has 2 rings (SSSR count). The average molecular weight is 305 g/mol. The molecule has 0 radical (unpaired) electrons. The van der Waals surface area contributed by atoms with Gasteiger partial charge in [-0.05, 0) is 36.9 Å². The Hall–Kier alpha value is -1.20. The summed E-state index contributed by atoms with van der Waals surface area (Å²) in [5.41, 5.74) is -0.273. The molecule has 0 bridgehead atoms. The summed E-state index contributed by atoms with van der Waals surface area (Å²) in [5.74, 6) is -2.66. The highest BCUT2D eigenvalue weighted by Crippen LogP contribution is 2.24. The molecule has 112 valence electrons. The molecule has 2 N–H and O–H groups in total. The maximum atomic E-state index is 13.5. The van der Waals surface area contributed by atoms with Crippen LogP contribution in [0.1, 0.15) is 30.1 Å². The lowest BCUT2D eigenvalue weighted by molar-refractivity contribution is 0.0919. The van der Waals surface area contributed by atoms with E-state index < -0.39 is 17.5 Å². The van der Waals surface area contributed by atoms with Gasteiger partial charge in [-0.1, -0.05) is 13.0 Å². The predicted octanol–water partition coefficient (Wildman–Crippen LogP) is 2.51. The van der Waals surface area contributed by atoms with E-state index in [9.17, 15) is 13.6 Å². The van der Waals surface area contributed by atoms with Crippen molar-refractivity contribution in [2.24, 2.45) is 5.41 Å². The van der Waals surface area contributed by atoms with Gasteiger partial charge in [0.1, 0.15) is 0 Å². The molecule has 1 saturated heterocycles. The highest BCUT2D eigenvalue weighted by atomic mass is 35.5. The Bertz CT molecular complexity index is 476. The lowest BCUT2D eigenvalue weighted by Gasteiger charge is -2.34. The van der Waals surface area contributed by atoms with E-state index in [-0.39, 0.29) is 23.4 Å². The second-order valence-corrected chi connectivity index (χ2v) is 5.38. The quantitative estimate of drug-likeness (QED) is 0.901. The van der Waals surface area contributed by atoms with Gasteiger partial charge < -0.3 is 10.6 Å². The number of nitrogens with one attached hydrogen (secondary N) is 2. The second kappa shape index (κ2) is 6.99. The molecule has 0 aliphatic carbocycles. The van der Waals surface area contributed by atoms with Crippen molar-refractivity contribution in [1.82, 2.24) is 10.6 Å². The summed E-state index contributed by atoms with van der Waals surface area (Å²) >= 11 is 0. The van der Waals surface area contributed by atoms with E-state index in [0.717, 1.165) is 32.0 Å². The minimum Gasteiger partial charge on any atom is -0.351 e. The van der Waals surface area contributed by atoms with Crippen LogP contribution in [0, 0.1) is 17.0 Å². The third kappa shape index (κ3) is 3.90. The Morgan fingerprint density at radius 3 is 2.85 bits per heavy atom. The number of rotatable bonds is 3. The highest BCUT2D eigenvalue weighted by molar-refractivity contribution is 5.94. The Balaban J connectivity index is 0.00000200. The van der Waals surface area contributed by atoms with Gasteiger partial charge in [-0.2, -0.15) is 0 Å². The van der Waals surface area contributed by atoms with Gasteiger partial charge in [-0.25, -0.2) is 8.78 Å². The van der Waals surface area contributed by atoms with Crippen LogP contribution in [0.2, 0.25) is 0 Å². The summed E-state index contributed by atoms with van der Waals surface area (Å²) in [6, 6.07) is 3.62. The van der Waals surface area contributed by atoms with Crippen molar-refractivity contribution < 1.29 is 13.6 Å². The summed E-state index contributed by atoms with van der Waals surface area (Å²) in [4.78, 5) is 11.9. The van der Waals surface area contributed by atoms with Crippen molar-refractivity contribution in [3.8, 4) is 0 Å². The minimum atomic E-state index is -1.09. The van der Waals surface area contributed by atoms with Gasteiger partial charge in [-0.3, -0.25) is 4.79 Å². The molecule has 0 aromatic heterocycles. The Kier molecular flexibility index (Phi) is 5.89. The molecule has 6 heteroatoms. The molecule has 1 amide bonds. The van der Waals surface area contributed by atoms with E-state index >= 15 is 0 Å². The van der Waals surface area contributed by atoms with Crippen LogP contribution in [0.25, 0.3) is 0 Å². The normalized spacial score (nSPS) is 21.9. The summed E-state index contributed by atoms with van der Waals surface area (Å²) in [6.45, 7) is 4.33. The molecule has 1 atom stereocenters. The van der Waals surface area contributed by atoms with Crippen molar-refractivity contribution >= 4 is 18.3 Å². The van der Waals surface area contributed by atoms with E-state index in [1.54, 1.807) is 0 Å². The standard InChI is InChI=1S/C14H18F2N2O.ClH/c1-14(6-3-7-17-8-14)9-18-13(19)10-4-2-5-11(15)12(10)16;/h2,4-5,17H,3,6-9H2,1H3,(H,18,19);1H. The van der Waals surface area contributed by atoms with Crippen molar-refractivity contribution in [3.63, 3.8) is 0 Å². The molecule has 1 aliphatic heterocycles. The molecule has 3 nitrogen and oxygen atoms in total. The van der Waals surface area contributed by atoms with Crippen LogP contribution in [0.15, 0.2) is 18.2 Å². The Morgan fingerprint density at radius 1 is 1.45 bits per heavy atom. The molecule has 1 heterocycles. The third-order valence-electron chi connectivity index (χ3n) is 3.56. The maximum Gasteiger partial charge on any atom is 0.254 e. The van der Waals surface area contributed by atoms with Gasteiger partial charge in [0.05, 0.1) is 5.56 Å². The highest BCUT2D eigenvalue weighted by Gasteiger charge is 2.27. The number of carbonyl (C=O) groups is 1. The molecule has 20 heavy (non-hydrogen) atoms. The third-order valence-corrected chi connectivity index (χ3v) is 3.56. The summed E-state index contributed by atoms with van der Waals surface area (Å²) in [7, 11) is 0. The van der Waals surface area contributed by atoms with E-state index in [1.807, 2.05) is 0 Å². The van der Waals surface area contributed by atoms with Crippen LogP contribution in [0.5, 0.6) is 0 Å². The van der Waals surface area contributed by atoms with Gasteiger partial charge in [0.15, 0.2) is 11.6 Å². The first-order valence-corrected chi connectivity index (χ1v) is 6.45. The van der Waals surface area contributed by atoms with Crippen molar-refractivity contribution in [3.05, 3.63) is 35.4 Å². The van der Waals surface area contributed by atoms with Crippen LogP contribution in [-0.2, 0) is 0 Å². The van der Waals surface area contributed by atoms with Gasteiger partial charge >= 0.3 is 0 Å². The van der Waals surface area contributed by atoms with Crippen LogP contribution in [0.4, 0.5) is 8.78 Å². The fourth-order valence-electron chi connectivity index (χ4n) is 2.34. The fraction of sp³-hybridized carbons (Fsp3) is 0.500. The summed E-state index contributed by atoms with van der Waals surface area (Å²) in [6.07, 6.45) is 2.06. The SMILES string of the molecule is CC1(CNC(=O)c2cccc(F)c2F)CCCNC1.Cl. The fourth-order valence-corrected chi connectivity index (χ4v) is 2.34. The van der Waals surface area contributed by atoms with E-state index in [1.165, 1.54) is 12.1 Å². The van der Waals surface area contributed by atoms with Crippen LogP contribution >= 0.6 is 12.4 Å². The maximum absolute atomic E-state index is 13.5. The lowest BCUT2D eigenvalue weighted by Crippen LogP contribution is -2.45. The Labute approximate surface area is 123 Å². The Morgan fingerprint density at radius 2 is 2.20 bits per heavy atom. The van der Waals surface area contributed by atoms with E-state index in [4.69, 9.17) is 0 Å². The second-order valence-electron chi connectivity index (χ2n) is 5.38. The number of halogens is 3. The average Bonchev–Trinajstić information content (AvgIpc) is 2.40. The number of piperidine rings is 1. The van der Waals surface area contributed by atoms with Gasteiger partial charge in [0.25, 0.3) is 5.91 Å². The number of hydrogen-bond acceptors (Lipinski definition) is 2. The number of amides is 1. The van der Waals surface area contributed by atoms with E-state index in [0.29, 0.717) is 6.54 Å². The molecular weight excluding hydrogens is 286 g/mol. The van der Waals surface area contributed by atoms with Gasteiger partial charge in [0, 0.05) is 13.1 Å². The van der Waals surface area contributed by atoms with Gasteiger partial charge in [-0.15, -0.1) is 12.4 Å². The van der Waals surface area contributed by atoms with Gasteiger partial charge in [0.2, 0.25) is 0 Å². The minimum absolute atomic E-state index is 0. The zero-order valence-corrected chi connectivity index (χ0v) is 12.2. The van der Waals surface area contributed by atoms with Crippen molar-refractivity contribution in [2.75, 3.05) is 19.6 Å². The molecule has 0 saturated carbocycles. The molecule has 1 aliphatic rings. The number of hydrogen-bond donors (Lipinski definition) is 2. The van der Waals surface area contributed by atoms with Crippen molar-refractivity contribution in [1.29, 1.82) is 0 Å². The topological polar surface area (TPSA) is 41.1 Å². The molecule has 1 aromatic carbocycles. The van der Waals surface area contributed by atoms with Crippen LogP contribution < -0.4 is 10.6 Å².